The Kier molecular flexibility index (Phi) is 4.58. The zero-order valence-corrected chi connectivity index (χ0v) is 9.70. The standard InChI is InChI=1S/C10H14ClNOS/c1-2-3-8(12)9(13)6-7-4-5-10(11)14-7/h4-5,8H,2-3,6,12H2,1H3. The van der Waals surface area contributed by atoms with Crippen molar-refractivity contribution in [2.75, 3.05) is 0 Å². The third-order valence-corrected chi connectivity index (χ3v) is 3.22. The van der Waals surface area contributed by atoms with Crippen LogP contribution in [0.15, 0.2) is 12.1 Å². The summed E-state index contributed by atoms with van der Waals surface area (Å²) in [4.78, 5) is 12.5. The van der Waals surface area contributed by atoms with Crippen LogP contribution in [0.5, 0.6) is 0 Å². The minimum Gasteiger partial charge on any atom is -0.321 e. The lowest BCUT2D eigenvalue weighted by molar-refractivity contribution is -0.119. The number of ketones is 1. The molecule has 2 nitrogen and oxygen atoms in total. The average Bonchev–Trinajstić information content (AvgIpc) is 2.51. The molecule has 0 aliphatic heterocycles. The monoisotopic (exact) mass is 231 g/mol. The van der Waals surface area contributed by atoms with E-state index >= 15 is 0 Å². The molecule has 1 unspecified atom stereocenters. The fourth-order valence-electron chi connectivity index (χ4n) is 1.22. The minimum atomic E-state index is -0.319. The van der Waals surface area contributed by atoms with Gasteiger partial charge in [-0.1, -0.05) is 24.9 Å². The normalized spacial score (nSPS) is 12.8. The molecule has 1 rings (SSSR count). The van der Waals surface area contributed by atoms with Crippen molar-refractivity contribution >= 4 is 28.7 Å². The van der Waals surface area contributed by atoms with E-state index in [4.69, 9.17) is 17.3 Å². The number of rotatable bonds is 5. The van der Waals surface area contributed by atoms with E-state index in [-0.39, 0.29) is 11.8 Å². The van der Waals surface area contributed by atoms with Crippen molar-refractivity contribution in [1.82, 2.24) is 0 Å². The molecule has 78 valence electrons. The van der Waals surface area contributed by atoms with Crippen molar-refractivity contribution in [3.05, 3.63) is 21.3 Å². The highest BCUT2D eigenvalue weighted by Gasteiger charge is 2.13. The number of thiophene rings is 1. The molecule has 0 aliphatic rings. The Morgan fingerprint density at radius 2 is 2.36 bits per heavy atom. The van der Waals surface area contributed by atoms with Crippen molar-refractivity contribution in [2.24, 2.45) is 5.73 Å². The van der Waals surface area contributed by atoms with E-state index in [9.17, 15) is 4.79 Å². The molecular weight excluding hydrogens is 218 g/mol. The summed E-state index contributed by atoms with van der Waals surface area (Å²) in [5, 5.41) is 0. The molecule has 1 aromatic heterocycles. The van der Waals surface area contributed by atoms with Crippen LogP contribution in [-0.4, -0.2) is 11.8 Å². The maximum atomic E-state index is 11.6. The predicted molar refractivity (Wildman–Crippen MR) is 60.9 cm³/mol. The first-order chi connectivity index (χ1) is 6.63. The summed E-state index contributed by atoms with van der Waals surface area (Å²) in [5.74, 6) is 0.102. The van der Waals surface area contributed by atoms with E-state index in [0.29, 0.717) is 6.42 Å². The second-order valence-electron chi connectivity index (χ2n) is 3.24. The number of carbonyl (C=O) groups excluding carboxylic acids is 1. The van der Waals surface area contributed by atoms with Crippen LogP contribution in [0.4, 0.5) is 0 Å². The first kappa shape index (κ1) is 11.7. The Hall–Kier alpha value is -0.380. The van der Waals surface area contributed by atoms with Gasteiger partial charge in [0.25, 0.3) is 0 Å². The maximum Gasteiger partial charge on any atom is 0.154 e. The summed E-state index contributed by atoms with van der Waals surface area (Å²) in [6.45, 7) is 2.02. The first-order valence-electron chi connectivity index (χ1n) is 4.66. The van der Waals surface area contributed by atoms with Crippen LogP contribution in [0.25, 0.3) is 0 Å². The predicted octanol–water partition coefficient (Wildman–Crippen LogP) is 2.64. The van der Waals surface area contributed by atoms with Crippen molar-refractivity contribution in [3.63, 3.8) is 0 Å². The lowest BCUT2D eigenvalue weighted by Gasteiger charge is -2.07. The number of nitrogens with two attached hydrogens (primary N) is 1. The van der Waals surface area contributed by atoms with Crippen molar-refractivity contribution in [3.8, 4) is 0 Å². The smallest absolute Gasteiger partial charge is 0.154 e. The van der Waals surface area contributed by atoms with Crippen LogP contribution in [-0.2, 0) is 11.2 Å². The highest BCUT2D eigenvalue weighted by Crippen LogP contribution is 2.22. The molecule has 0 fully saturated rings. The molecule has 1 atom stereocenters. The van der Waals surface area contributed by atoms with E-state index in [0.717, 1.165) is 22.1 Å². The zero-order valence-electron chi connectivity index (χ0n) is 8.13. The highest BCUT2D eigenvalue weighted by molar-refractivity contribution is 7.16. The summed E-state index contributed by atoms with van der Waals surface area (Å²) in [7, 11) is 0. The molecule has 1 aromatic rings. The quantitative estimate of drug-likeness (QED) is 0.847. The molecule has 0 radical (unpaired) electrons. The Balaban J connectivity index is 2.48. The van der Waals surface area contributed by atoms with Crippen molar-refractivity contribution in [2.45, 2.75) is 32.2 Å². The second-order valence-corrected chi connectivity index (χ2v) is 5.04. The molecule has 0 amide bonds. The Bertz CT molecular complexity index is 311. The summed E-state index contributed by atoms with van der Waals surface area (Å²) < 4.78 is 0.719. The average molecular weight is 232 g/mol. The molecule has 1 heterocycles. The van der Waals surface area contributed by atoms with Gasteiger partial charge in [0.15, 0.2) is 5.78 Å². The van der Waals surface area contributed by atoms with Gasteiger partial charge in [-0.25, -0.2) is 0 Å². The third-order valence-electron chi connectivity index (χ3n) is 1.99. The van der Waals surface area contributed by atoms with Crippen molar-refractivity contribution in [1.29, 1.82) is 0 Å². The fraction of sp³-hybridized carbons (Fsp3) is 0.500. The van der Waals surface area contributed by atoms with Gasteiger partial charge < -0.3 is 5.73 Å². The zero-order chi connectivity index (χ0) is 10.6. The molecule has 0 aliphatic carbocycles. The van der Waals surface area contributed by atoms with E-state index < -0.39 is 0 Å². The molecule has 0 spiro atoms. The molecule has 2 N–H and O–H groups in total. The fourth-order valence-corrected chi connectivity index (χ4v) is 2.32. The van der Waals surface area contributed by atoms with Gasteiger partial charge in [-0.15, -0.1) is 11.3 Å². The van der Waals surface area contributed by atoms with Crippen LogP contribution in [0, 0.1) is 0 Å². The van der Waals surface area contributed by atoms with Gasteiger partial charge in [0.2, 0.25) is 0 Å². The Morgan fingerprint density at radius 3 is 2.86 bits per heavy atom. The molecule has 4 heteroatoms. The number of carbonyl (C=O) groups is 1. The molecule has 14 heavy (non-hydrogen) atoms. The highest BCUT2D eigenvalue weighted by atomic mass is 35.5. The van der Waals surface area contributed by atoms with Crippen LogP contribution >= 0.6 is 22.9 Å². The summed E-state index contributed by atoms with van der Waals surface area (Å²) >= 11 is 7.20. The molecule has 0 saturated carbocycles. The summed E-state index contributed by atoms with van der Waals surface area (Å²) in [6, 6.07) is 3.37. The lowest BCUT2D eigenvalue weighted by Crippen LogP contribution is -2.31. The van der Waals surface area contributed by atoms with E-state index in [1.165, 1.54) is 11.3 Å². The largest absolute Gasteiger partial charge is 0.321 e. The van der Waals surface area contributed by atoms with E-state index in [2.05, 4.69) is 0 Å². The Labute approximate surface area is 93.1 Å². The number of hydrogen-bond acceptors (Lipinski definition) is 3. The molecular formula is C10H14ClNOS. The first-order valence-corrected chi connectivity index (χ1v) is 5.85. The minimum absolute atomic E-state index is 0.102. The van der Waals surface area contributed by atoms with Gasteiger partial charge in [0.1, 0.15) is 0 Å². The van der Waals surface area contributed by atoms with Gasteiger partial charge in [-0.2, -0.15) is 0 Å². The van der Waals surface area contributed by atoms with Crippen LogP contribution in [0.1, 0.15) is 24.6 Å². The van der Waals surface area contributed by atoms with Crippen LogP contribution < -0.4 is 5.73 Å². The molecule has 0 saturated heterocycles. The molecule has 0 aromatic carbocycles. The van der Waals surface area contributed by atoms with E-state index in [1.54, 1.807) is 6.07 Å². The number of Topliss-reactive ketones (excluding diaryl/α,β-unsaturated/α-hetero) is 1. The second kappa shape index (κ2) is 5.49. The summed E-state index contributed by atoms with van der Waals surface area (Å²) in [5.41, 5.74) is 5.70. The van der Waals surface area contributed by atoms with Gasteiger partial charge in [0.05, 0.1) is 10.4 Å². The van der Waals surface area contributed by atoms with Crippen molar-refractivity contribution < 1.29 is 4.79 Å². The van der Waals surface area contributed by atoms with Crippen LogP contribution in [0.2, 0.25) is 4.34 Å². The number of hydrogen-bond donors (Lipinski definition) is 1. The van der Waals surface area contributed by atoms with Crippen LogP contribution in [0.3, 0.4) is 0 Å². The topological polar surface area (TPSA) is 43.1 Å². The SMILES string of the molecule is CCCC(N)C(=O)Cc1ccc(Cl)s1. The maximum absolute atomic E-state index is 11.6. The van der Waals surface area contributed by atoms with Gasteiger partial charge >= 0.3 is 0 Å². The molecule has 0 bridgehead atoms. The number of halogens is 1. The lowest BCUT2D eigenvalue weighted by atomic mass is 10.1. The van der Waals surface area contributed by atoms with Gasteiger partial charge in [0, 0.05) is 11.3 Å². The van der Waals surface area contributed by atoms with E-state index in [1.807, 2.05) is 13.0 Å². The third kappa shape index (κ3) is 3.40. The van der Waals surface area contributed by atoms with Gasteiger partial charge in [-0.05, 0) is 18.6 Å². The summed E-state index contributed by atoms with van der Waals surface area (Å²) in [6.07, 6.45) is 2.12. The van der Waals surface area contributed by atoms with Gasteiger partial charge in [-0.3, -0.25) is 4.79 Å². The Morgan fingerprint density at radius 1 is 1.64 bits per heavy atom.